The lowest BCUT2D eigenvalue weighted by molar-refractivity contribution is -0.131. The molecule has 1 fully saturated rings. The van der Waals surface area contributed by atoms with Gasteiger partial charge in [-0.2, -0.15) is 0 Å². The van der Waals surface area contributed by atoms with E-state index in [-0.39, 0.29) is 6.04 Å². The van der Waals surface area contributed by atoms with E-state index in [1.54, 1.807) is 17.4 Å². The van der Waals surface area contributed by atoms with Crippen LogP contribution in [-0.2, 0) is 9.53 Å². The van der Waals surface area contributed by atoms with Crippen LogP contribution in [0.4, 0.5) is 5.82 Å². The van der Waals surface area contributed by atoms with Gasteiger partial charge in [-0.25, -0.2) is 9.78 Å². The van der Waals surface area contributed by atoms with Crippen LogP contribution >= 0.6 is 11.3 Å². The fraction of sp³-hybridized carbons (Fsp3) is 0.429. The Hall–Kier alpha value is -1.86. The summed E-state index contributed by atoms with van der Waals surface area (Å²) in [5.41, 5.74) is 0.814. The number of carbonyl (C=O) groups is 1. The second kappa shape index (κ2) is 5.87. The molecular weight excluding hydrogens is 290 g/mol. The SMILES string of the molecule is CCC1COCCN1c1nc2sccn2c1/C=C/C(=O)O. The molecule has 0 radical (unpaired) electrons. The number of aromatic nitrogens is 2. The Bertz CT molecular complexity index is 676. The largest absolute Gasteiger partial charge is 0.478 e. The highest BCUT2D eigenvalue weighted by Gasteiger charge is 2.26. The van der Waals surface area contributed by atoms with Crippen molar-refractivity contribution >= 4 is 34.2 Å². The first-order valence-electron chi connectivity index (χ1n) is 6.91. The van der Waals surface area contributed by atoms with Crippen LogP contribution in [0.15, 0.2) is 17.7 Å². The van der Waals surface area contributed by atoms with Gasteiger partial charge in [0.1, 0.15) is 0 Å². The molecule has 0 aliphatic carbocycles. The number of nitrogens with zero attached hydrogens (tertiary/aromatic N) is 3. The summed E-state index contributed by atoms with van der Waals surface area (Å²) in [5.74, 6) is -0.116. The van der Waals surface area contributed by atoms with Gasteiger partial charge >= 0.3 is 5.97 Å². The highest BCUT2D eigenvalue weighted by Crippen LogP contribution is 2.29. The van der Waals surface area contributed by atoms with Crippen LogP contribution in [0.2, 0.25) is 0 Å². The average molecular weight is 307 g/mol. The van der Waals surface area contributed by atoms with E-state index in [1.165, 1.54) is 0 Å². The third-order valence-electron chi connectivity index (χ3n) is 3.63. The normalized spacial score (nSPS) is 19.7. The van der Waals surface area contributed by atoms with Crippen molar-refractivity contribution < 1.29 is 14.6 Å². The molecule has 0 bridgehead atoms. The highest BCUT2D eigenvalue weighted by atomic mass is 32.1. The number of morpholine rings is 1. The minimum absolute atomic E-state index is 0.278. The number of thiazole rings is 1. The maximum Gasteiger partial charge on any atom is 0.328 e. The molecule has 2 aromatic rings. The lowest BCUT2D eigenvalue weighted by atomic mass is 10.1. The van der Waals surface area contributed by atoms with E-state index >= 15 is 0 Å². The van der Waals surface area contributed by atoms with E-state index in [1.807, 2.05) is 16.0 Å². The molecule has 6 nitrogen and oxygen atoms in total. The predicted molar refractivity (Wildman–Crippen MR) is 82.0 cm³/mol. The summed E-state index contributed by atoms with van der Waals surface area (Å²) in [5, 5.41) is 10.8. The topological polar surface area (TPSA) is 67.1 Å². The second-order valence-corrected chi connectivity index (χ2v) is 5.75. The van der Waals surface area contributed by atoms with Crippen LogP contribution in [0.5, 0.6) is 0 Å². The van der Waals surface area contributed by atoms with Crippen molar-refractivity contribution in [2.24, 2.45) is 0 Å². The number of rotatable bonds is 4. The van der Waals surface area contributed by atoms with Crippen LogP contribution in [0.3, 0.4) is 0 Å². The van der Waals surface area contributed by atoms with Gasteiger partial charge in [-0.05, 0) is 12.5 Å². The Morgan fingerprint density at radius 2 is 2.52 bits per heavy atom. The Balaban J connectivity index is 2.05. The van der Waals surface area contributed by atoms with E-state index in [9.17, 15) is 4.79 Å². The maximum absolute atomic E-state index is 10.8. The van der Waals surface area contributed by atoms with Gasteiger partial charge in [-0.15, -0.1) is 11.3 Å². The van der Waals surface area contributed by atoms with Gasteiger partial charge in [0.2, 0.25) is 0 Å². The highest BCUT2D eigenvalue weighted by molar-refractivity contribution is 7.15. The van der Waals surface area contributed by atoms with Gasteiger partial charge < -0.3 is 14.7 Å². The van der Waals surface area contributed by atoms with Gasteiger partial charge in [0, 0.05) is 24.2 Å². The van der Waals surface area contributed by atoms with Gasteiger partial charge in [0.15, 0.2) is 10.8 Å². The van der Waals surface area contributed by atoms with Crippen LogP contribution in [0.25, 0.3) is 11.0 Å². The summed E-state index contributed by atoms with van der Waals surface area (Å²) in [7, 11) is 0. The third kappa shape index (κ3) is 2.66. The molecule has 0 saturated carbocycles. The number of anilines is 1. The Morgan fingerprint density at radius 1 is 1.67 bits per heavy atom. The fourth-order valence-electron chi connectivity index (χ4n) is 2.58. The molecule has 1 atom stereocenters. The van der Waals surface area contributed by atoms with Crippen molar-refractivity contribution in [3.8, 4) is 0 Å². The first-order chi connectivity index (χ1) is 10.2. The zero-order valence-electron chi connectivity index (χ0n) is 11.7. The van der Waals surface area contributed by atoms with Gasteiger partial charge in [-0.1, -0.05) is 6.92 Å². The van der Waals surface area contributed by atoms with Gasteiger partial charge in [0.25, 0.3) is 0 Å². The van der Waals surface area contributed by atoms with Gasteiger partial charge in [-0.3, -0.25) is 4.40 Å². The van der Waals surface area contributed by atoms with Crippen molar-refractivity contribution in [3.05, 3.63) is 23.3 Å². The van der Waals surface area contributed by atoms with Crippen molar-refractivity contribution in [2.75, 3.05) is 24.7 Å². The fourth-order valence-corrected chi connectivity index (χ4v) is 3.30. The average Bonchev–Trinajstić information content (AvgIpc) is 3.05. The van der Waals surface area contributed by atoms with Crippen molar-refractivity contribution in [3.63, 3.8) is 0 Å². The van der Waals surface area contributed by atoms with Crippen LogP contribution in [-0.4, -0.2) is 46.3 Å². The van der Waals surface area contributed by atoms with E-state index in [4.69, 9.17) is 9.84 Å². The monoisotopic (exact) mass is 307 g/mol. The Kier molecular flexibility index (Phi) is 3.94. The molecule has 1 saturated heterocycles. The Labute approximate surface area is 126 Å². The standard InChI is InChI=1S/C14H17N3O3S/c1-2-10-9-20-7-5-16(10)13-11(3-4-12(18)19)17-6-8-21-14(17)15-13/h3-4,6,8,10H,2,5,7,9H2,1H3,(H,18,19)/b4-3+. The van der Waals surface area contributed by atoms with Crippen LogP contribution < -0.4 is 4.90 Å². The summed E-state index contributed by atoms with van der Waals surface area (Å²) in [6.07, 6.45) is 5.66. The molecule has 0 aromatic carbocycles. The quantitative estimate of drug-likeness (QED) is 0.876. The van der Waals surface area contributed by atoms with Crippen molar-refractivity contribution in [1.29, 1.82) is 0 Å². The molecular formula is C14H17N3O3S. The molecule has 112 valence electrons. The van der Waals surface area contributed by atoms with E-state index in [0.717, 1.165) is 35.5 Å². The number of imidazole rings is 1. The lowest BCUT2D eigenvalue weighted by Crippen LogP contribution is -2.45. The molecule has 0 spiro atoms. The second-order valence-electron chi connectivity index (χ2n) is 4.88. The van der Waals surface area contributed by atoms with E-state index < -0.39 is 5.97 Å². The third-order valence-corrected chi connectivity index (χ3v) is 4.39. The summed E-state index contributed by atoms with van der Waals surface area (Å²) in [6, 6.07) is 0.278. The first kappa shape index (κ1) is 14.1. The predicted octanol–water partition coefficient (Wildman–Crippen LogP) is 2.11. The minimum Gasteiger partial charge on any atom is -0.478 e. The summed E-state index contributed by atoms with van der Waals surface area (Å²) < 4.78 is 7.46. The number of aliphatic carboxylic acids is 1. The molecule has 1 aliphatic rings. The molecule has 1 aliphatic heterocycles. The van der Waals surface area contributed by atoms with E-state index in [2.05, 4.69) is 16.8 Å². The lowest BCUT2D eigenvalue weighted by Gasteiger charge is -2.35. The molecule has 2 aromatic heterocycles. The number of ether oxygens (including phenoxy) is 1. The summed E-state index contributed by atoms with van der Waals surface area (Å²) >= 11 is 1.54. The van der Waals surface area contributed by atoms with Crippen molar-refractivity contribution in [1.82, 2.24) is 9.38 Å². The zero-order valence-corrected chi connectivity index (χ0v) is 12.5. The summed E-state index contributed by atoms with van der Waals surface area (Å²) in [6.45, 7) is 4.25. The molecule has 21 heavy (non-hydrogen) atoms. The van der Waals surface area contributed by atoms with Crippen LogP contribution in [0.1, 0.15) is 19.0 Å². The van der Waals surface area contributed by atoms with Crippen molar-refractivity contribution in [2.45, 2.75) is 19.4 Å². The summed E-state index contributed by atoms with van der Waals surface area (Å²) in [4.78, 5) is 18.6. The number of hydrogen-bond donors (Lipinski definition) is 1. The maximum atomic E-state index is 10.8. The first-order valence-corrected chi connectivity index (χ1v) is 7.79. The number of fused-ring (bicyclic) bond motifs is 1. The zero-order chi connectivity index (χ0) is 14.8. The number of carboxylic acids is 1. The van der Waals surface area contributed by atoms with Gasteiger partial charge in [0.05, 0.1) is 24.9 Å². The minimum atomic E-state index is -0.958. The smallest absolute Gasteiger partial charge is 0.328 e. The molecule has 0 amide bonds. The molecule has 3 heterocycles. The van der Waals surface area contributed by atoms with E-state index in [0.29, 0.717) is 13.2 Å². The number of hydrogen-bond acceptors (Lipinski definition) is 5. The molecule has 7 heteroatoms. The molecule has 1 N–H and O–H groups in total. The Morgan fingerprint density at radius 3 is 3.29 bits per heavy atom. The van der Waals surface area contributed by atoms with Crippen LogP contribution in [0, 0.1) is 0 Å². The molecule has 1 unspecified atom stereocenters. The molecule has 3 rings (SSSR count). The number of carboxylic acid groups (broad SMARTS) is 1.